The molecule has 4 aromatic rings. The van der Waals surface area contributed by atoms with Gasteiger partial charge in [-0.1, -0.05) is 42.5 Å². The Balaban J connectivity index is 1.42. The lowest BCUT2D eigenvalue weighted by Gasteiger charge is -2.19. The number of hydrogen-bond acceptors (Lipinski definition) is 4. The molecule has 1 atom stereocenters. The smallest absolute Gasteiger partial charge is 0.246 e. The molecule has 0 bridgehead atoms. The molecule has 33 heavy (non-hydrogen) atoms. The molecule has 3 aromatic carbocycles. The fraction of sp³-hybridized carbons (Fsp3) is 0.148. The molecule has 0 saturated carbocycles. The third-order valence-electron chi connectivity index (χ3n) is 5.37. The Kier molecular flexibility index (Phi) is 6.93. The third kappa shape index (κ3) is 5.73. The summed E-state index contributed by atoms with van der Waals surface area (Å²) in [5.74, 6) is 0.680. The van der Waals surface area contributed by atoms with Crippen LogP contribution in [0.2, 0.25) is 0 Å². The van der Waals surface area contributed by atoms with Crippen molar-refractivity contribution >= 4 is 11.6 Å². The molecule has 4 rings (SSSR count). The zero-order chi connectivity index (χ0) is 23.0. The lowest BCUT2D eigenvalue weighted by molar-refractivity contribution is -0.118. The summed E-state index contributed by atoms with van der Waals surface area (Å²) in [6.45, 7) is 2.58. The molecule has 0 spiro atoms. The van der Waals surface area contributed by atoms with Crippen LogP contribution in [0.25, 0.3) is 11.4 Å². The van der Waals surface area contributed by atoms with Crippen LogP contribution in [-0.4, -0.2) is 22.4 Å². The second-order valence-corrected chi connectivity index (χ2v) is 7.84. The van der Waals surface area contributed by atoms with Crippen LogP contribution in [-0.2, 0) is 11.2 Å². The van der Waals surface area contributed by atoms with Gasteiger partial charge in [-0.15, -0.1) is 0 Å². The molecule has 0 aliphatic heterocycles. The van der Waals surface area contributed by atoms with Crippen LogP contribution in [0.1, 0.15) is 28.4 Å². The Morgan fingerprint density at radius 2 is 1.76 bits per heavy atom. The predicted molar refractivity (Wildman–Crippen MR) is 129 cm³/mol. The van der Waals surface area contributed by atoms with Gasteiger partial charge in [-0.3, -0.25) is 4.79 Å². The summed E-state index contributed by atoms with van der Waals surface area (Å²) in [6.07, 6.45) is 2.54. The molecular formula is C27H25N5O. The van der Waals surface area contributed by atoms with E-state index in [1.807, 2.05) is 85.8 Å². The number of hydrogen-bond donors (Lipinski definition) is 3. The summed E-state index contributed by atoms with van der Waals surface area (Å²) in [4.78, 5) is 20.7. The molecule has 0 radical (unpaired) electrons. The highest BCUT2D eigenvalue weighted by Gasteiger charge is 2.20. The molecule has 0 saturated heterocycles. The maximum absolute atomic E-state index is 13.2. The van der Waals surface area contributed by atoms with Gasteiger partial charge in [0.25, 0.3) is 0 Å². The molecule has 1 amide bonds. The number of carbonyl (C=O) groups excluding carboxylic acids is 1. The number of anilines is 1. The van der Waals surface area contributed by atoms with Crippen LogP contribution in [0.5, 0.6) is 0 Å². The van der Waals surface area contributed by atoms with Crippen LogP contribution < -0.4 is 10.6 Å². The Morgan fingerprint density at radius 1 is 1.03 bits per heavy atom. The Labute approximate surface area is 193 Å². The van der Waals surface area contributed by atoms with Gasteiger partial charge in [-0.2, -0.15) is 5.26 Å². The van der Waals surface area contributed by atoms with E-state index < -0.39 is 6.04 Å². The predicted octanol–water partition coefficient (Wildman–Crippen LogP) is 4.77. The van der Waals surface area contributed by atoms with E-state index in [2.05, 4.69) is 26.7 Å². The Hall–Kier alpha value is -4.21. The average molecular weight is 436 g/mol. The lowest BCUT2D eigenvalue weighted by Crippen LogP contribution is -2.34. The average Bonchev–Trinajstić information content (AvgIpc) is 3.29. The standard InChI is InChI=1S/C27H25N5O/c1-19-18-30-26(31-19)23-11-13-24(14-12-23)32-27(33)25(22-5-3-2-4-6-22)29-16-15-20-7-9-21(17-28)10-8-20/h2-14,18,25,29H,15-16H2,1H3,(H,30,31)(H,32,33)/t25-/m0/s1. The van der Waals surface area contributed by atoms with Gasteiger partial charge in [0.15, 0.2) is 0 Å². The minimum absolute atomic E-state index is 0.123. The van der Waals surface area contributed by atoms with E-state index in [-0.39, 0.29) is 5.91 Å². The van der Waals surface area contributed by atoms with Gasteiger partial charge in [0.1, 0.15) is 11.9 Å². The van der Waals surface area contributed by atoms with Crippen LogP contribution >= 0.6 is 0 Å². The minimum atomic E-state index is -0.489. The van der Waals surface area contributed by atoms with Gasteiger partial charge in [0, 0.05) is 29.7 Å². The van der Waals surface area contributed by atoms with Crippen molar-refractivity contribution < 1.29 is 4.79 Å². The second kappa shape index (κ2) is 10.4. The lowest BCUT2D eigenvalue weighted by atomic mass is 10.0. The maximum Gasteiger partial charge on any atom is 0.246 e. The molecule has 1 heterocycles. The third-order valence-corrected chi connectivity index (χ3v) is 5.37. The normalized spacial score (nSPS) is 11.5. The minimum Gasteiger partial charge on any atom is -0.342 e. The summed E-state index contributed by atoms with van der Waals surface area (Å²) < 4.78 is 0. The number of amides is 1. The number of benzene rings is 3. The number of aromatic nitrogens is 2. The number of nitrogens with zero attached hydrogens (tertiary/aromatic N) is 2. The van der Waals surface area contributed by atoms with Crippen LogP contribution in [0.4, 0.5) is 5.69 Å². The number of imidazole rings is 1. The number of nitriles is 1. The van der Waals surface area contributed by atoms with Gasteiger partial charge in [-0.25, -0.2) is 4.98 Å². The van der Waals surface area contributed by atoms with Crippen molar-refractivity contribution in [1.29, 1.82) is 5.26 Å². The first-order valence-corrected chi connectivity index (χ1v) is 10.8. The quantitative estimate of drug-likeness (QED) is 0.372. The molecule has 6 heteroatoms. The highest BCUT2D eigenvalue weighted by Crippen LogP contribution is 2.21. The van der Waals surface area contributed by atoms with Gasteiger partial charge >= 0.3 is 0 Å². The van der Waals surface area contributed by atoms with E-state index >= 15 is 0 Å². The topological polar surface area (TPSA) is 93.6 Å². The fourth-order valence-electron chi connectivity index (χ4n) is 3.60. The Morgan fingerprint density at radius 3 is 2.39 bits per heavy atom. The van der Waals surface area contributed by atoms with E-state index in [0.717, 1.165) is 40.3 Å². The van der Waals surface area contributed by atoms with Gasteiger partial charge in [-0.05, 0) is 60.9 Å². The van der Waals surface area contributed by atoms with Crippen molar-refractivity contribution in [2.45, 2.75) is 19.4 Å². The summed E-state index contributed by atoms with van der Waals surface area (Å²) in [7, 11) is 0. The van der Waals surface area contributed by atoms with E-state index in [1.165, 1.54) is 0 Å². The first kappa shape index (κ1) is 22.0. The largest absolute Gasteiger partial charge is 0.342 e. The van der Waals surface area contributed by atoms with Crippen molar-refractivity contribution in [2.24, 2.45) is 0 Å². The molecule has 0 unspecified atom stereocenters. The van der Waals surface area contributed by atoms with Gasteiger partial charge < -0.3 is 15.6 Å². The molecule has 6 nitrogen and oxygen atoms in total. The molecule has 0 aliphatic rings. The molecule has 3 N–H and O–H groups in total. The SMILES string of the molecule is Cc1cnc(-c2ccc(NC(=O)[C@@H](NCCc3ccc(C#N)cc3)c3ccccc3)cc2)[nH]1. The zero-order valence-corrected chi connectivity index (χ0v) is 18.4. The fourth-order valence-corrected chi connectivity index (χ4v) is 3.60. The van der Waals surface area contributed by atoms with E-state index in [9.17, 15) is 4.79 Å². The number of nitrogens with one attached hydrogen (secondary N) is 3. The van der Waals surface area contributed by atoms with Crippen molar-refractivity contribution in [3.8, 4) is 17.5 Å². The number of aryl methyl sites for hydroxylation is 1. The summed E-state index contributed by atoms with van der Waals surface area (Å²) in [6, 6.07) is 26.5. The monoisotopic (exact) mass is 435 g/mol. The van der Waals surface area contributed by atoms with Crippen LogP contribution in [0.3, 0.4) is 0 Å². The summed E-state index contributed by atoms with van der Waals surface area (Å²) in [5.41, 5.74) is 5.33. The van der Waals surface area contributed by atoms with Crippen molar-refractivity contribution in [1.82, 2.24) is 15.3 Å². The van der Waals surface area contributed by atoms with Crippen molar-refractivity contribution in [2.75, 3.05) is 11.9 Å². The number of aromatic amines is 1. The highest BCUT2D eigenvalue weighted by atomic mass is 16.2. The van der Waals surface area contributed by atoms with Crippen molar-refractivity contribution in [3.05, 3.63) is 107 Å². The number of rotatable bonds is 8. The molecule has 1 aromatic heterocycles. The van der Waals surface area contributed by atoms with Gasteiger partial charge in [0.2, 0.25) is 5.91 Å². The molecule has 0 fully saturated rings. The number of H-pyrrole nitrogens is 1. The Bertz CT molecular complexity index is 1240. The molecule has 164 valence electrons. The maximum atomic E-state index is 13.2. The first-order valence-electron chi connectivity index (χ1n) is 10.8. The summed E-state index contributed by atoms with van der Waals surface area (Å²) >= 11 is 0. The molecular weight excluding hydrogens is 410 g/mol. The zero-order valence-electron chi connectivity index (χ0n) is 18.4. The van der Waals surface area contributed by atoms with E-state index in [0.29, 0.717) is 12.1 Å². The van der Waals surface area contributed by atoms with E-state index in [1.54, 1.807) is 6.20 Å². The number of carbonyl (C=O) groups is 1. The molecule has 0 aliphatic carbocycles. The second-order valence-electron chi connectivity index (χ2n) is 7.84. The summed E-state index contributed by atoms with van der Waals surface area (Å²) in [5, 5.41) is 15.3. The first-order chi connectivity index (χ1) is 16.1. The van der Waals surface area contributed by atoms with Crippen LogP contribution in [0, 0.1) is 18.3 Å². The van der Waals surface area contributed by atoms with Crippen molar-refractivity contribution in [3.63, 3.8) is 0 Å². The van der Waals surface area contributed by atoms with E-state index in [4.69, 9.17) is 5.26 Å². The van der Waals surface area contributed by atoms with Crippen LogP contribution in [0.15, 0.2) is 85.1 Å². The van der Waals surface area contributed by atoms with Gasteiger partial charge in [0.05, 0.1) is 11.6 Å². The highest BCUT2D eigenvalue weighted by molar-refractivity contribution is 5.95.